The highest BCUT2D eigenvalue weighted by molar-refractivity contribution is 6.31. The fourth-order valence-corrected chi connectivity index (χ4v) is 2.18. The second-order valence-corrected chi connectivity index (χ2v) is 5.23. The Morgan fingerprint density at radius 2 is 2.05 bits per heavy atom. The predicted octanol–water partition coefficient (Wildman–Crippen LogP) is 4.39. The second kappa shape index (κ2) is 6.25. The maximum absolute atomic E-state index is 13.7. The van der Waals surface area contributed by atoms with Gasteiger partial charge < -0.3 is 10.5 Å². The first-order chi connectivity index (χ1) is 9.49. The lowest BCUT2D eigenvalue weighted by Crippen LogP contribution is -2.09. The van der Waals surface area contributed by atoms with Gasteiger partial charge in [0.2, 0.25) is 0 Å². The molecule has 0 saturated carbocycles. The fourth-order valence-electron chi connectivity index (χ4n) is 1.96. The summed E-state index contributed by atoms with van der Waals surface area (Å²) >= 11 is 5.98. The molecule has 0 amide bonds. The zero-order valence-corrected chi connectivity index (χ0v) is 12.2. The Bertz CT molecular complexity index is 593. The Morgan fingerprint density at radius 1 is 1.30 bits per heavy atom. The van der Waals surface area contributed by atoms with Crippen LogP contribution in [0.25, 0.3) is 0 Å². The van der Waals surface area contributed by atoms with Crippen molar-refractivity contribution in [2.75, 3.05) is 0 Å². The zero-order valence-electron chi connectivity index (χ0n) is 11.5. The molecular weight excluding hydrogens is 277 g/mol. The number of aryl methyl sites for hydroxylation is 1. The Hall–Kier alpha value is -1.58. The third-order valence-corrected chi connectivity index (χ3v) is 3.45. The van der Waals surface area contributed by atoms with Gasteiger partial charge >= 0.3 is 0 Å². The first kappa shape index (κ1) is 14.8. The van der Waals surface area contributed by atoms with E-state index in [9.17, 15) is 4.39 Å². The molecule has 0 aliphatic carbocycles. The number of hydrogen-bond donors (Lipinski definition) is 1. The molecule has 2 N–H and O–H groups in total. The van der Waals surface area contributed by atoms with Crippen molar-refractivity contribution in [2.45, 2.75) is 26.5 Å². The normalized spacial score (nSPS) is 12.2. The predicted molar refractivity (Wildman–Crippen MR) is 79.5 cm³/mol. The van der Waals surface area contributed by atoms with Crippen molar-refractivity contribution >= 4 is 11.6 Å². The summed E-state index contributed by atoms with van der Waals surface area (Å²) in [7, 11) is 0. The van der Waals surface area contributed by atoms with Crippen LogP contribution < -0.4 is 10.5 Å². The van der Waals surface area contributed by atoms with E-state index in [1.54, 1.807) is 12.1 Å². The number of rotatable bonds is 4. The van der Waals surface area contributed by atoms with Crippen LogP contribution >= 0.6 is 11.6 Å². The first-order valence-corrected chi connectivity index (χ1v) is 6.78. The van der Waals surface area contributed by atoms with Gasteiger partial charge in [-0.05, 0) is 37.6 Å². The molecular formula is C16H17ClFNO. The van der Waals surface area contributed by atoms with Crippen LogP contribution in [0.15, 0.2) is 36.4 Å². The van der Waals surface area contributed by atoms with Gasteiger partial charge in [-0.3, -0.25) is 0 Å². The summed E-state index contributed by atoms with van der Waals surface area (Å²) in [5.41, 5.74) is 8.22. The van der Waals surface area contributed by atoms with Crippen molar-refractivity contribution in [3.63, 3.8) is 0 Å². The van der Waals surface area contributed by atoms with E-state index in [2.05, 4.69) is 0 Å². The van der Waals surface area contributed by atoms with Crippen LogP contribution in [0.3, 0.4) is 0 Å². The monoisotopic (exact) mass is 293 g/mol. The molecule has 0 spiro atoms. The van der Waals surface area contributed by atoms with Crippen molar-refractivity contribution in [1.29, 1.82) is 0 Å². The van der Waals surface area contributed by atoms with Crippen LogP contribution in [0.1, 0.15) is 29.7 Å². The van der Waals surface area contributed by atoms with Crippen molar-refractivity contribution in [1.82, 2.24) is 0 Å². The number of ether oxygens (including phenoxy) is 1. The number of halogens is 2. The molecule has 20 heavy (non-hydrogen) atoms. The molecule has 4 heteroatoms. The van der Waals surface area contributed by atoms with E-state index in [0.717, 1.165) is 11.1 Å². The minimum atomic E-state index is -0.368. The van der Waals surface area contributed by atoms with E-state index in [4.69, 9.17) is 22.1 Å². The van der Waals surface area contributed by atoms with Gasteiger partial charge in [-0.25, -0.2) is 4.39 Å². The molecule has 0 aromatic heterocycles. The molecule has 2 aromatic carbocycles. The molecule has 0 radical (unpaired) electrons. The van der Waals surface area contributed by atoms with E-state index < -0.39 is 0 Å². The minimum absolute atomic E-state index is 0.0781. The molecule has 2 rings (SSSR count). The zero-order chi connectivity index (χ0) is 14.7. The summed E-state index contributed by atoms with van der Waals surface area (Å²) in [6.07, 6.45) is 0. The van der Waals surface area contributed by atoms with Gasteiger partial charge in [0.1, 0.15) is 18.2 Å². The van der Waals surface area contributed by atoms with Gasteiger partial charge in [0.05, 0.1) is 5.02 Å². The fraction of sp³-hybridized carbons (Fsp3) is 0.250. The quantitative estimate of drug-likeness (QED) is 0.907. The molecule has 106 valence electrons. The van der Waals surface area contributed by atoms with Gasteiger partial charge in [-0.1, -0.05) is 29.8 Å². The van der Waals surface area contributed by atoms with Crippen LogP contribution in [-0.4, -0.2) is 0 Å². The topological polar surface area (TPSA) is 35.2 Å². The molecule has 2 nitrogen and oxygen atoms in total. The van der Waals surface area contributed by atoms with Gasteiger partial charge in [-0.15, -0.1) is 0 Å². The van der Waals surface area contributed by atoms with Gasteiger partial charge in [0, 0.05) is 17.2 Å². The summed E-state index contributed by atoms with van der Waals surface area (Å²) in [4.78, 5) is 0. The molecule has 0 bridgehead atoms. The van der Waals surface area contributed by atoms with E-state index in [0.29, 0.717) is 16.3 Å². The van der Waals surface area contributed by atoms with Gasteiger partial charge in [0.15, 0.2) is 0 Å². The van der Waals surface area contributed by atoms with Crippen molar-refractivity contribution in [3.8, 4) is 5.75 Å². The highest BCUT2D eigenvalue weighted by atomic mass is 35.5. The van der Waals surface area contributed by atoms with Crippen LogP contribution in [0, 0.1) is 12.7 Å². The van der Waals surface area contributed by atoms with E-state index in [1.807, 2.05) is 32.0 Å². The molecule has 0 unspecified atom stereocenters. The molecule has 0 aliphatic rings. The maximum Gasteiger partial charge on any atom is 0.131 e. The number of hydrogen-bond acceptors (Lipinski definition) is 2. The molecule has 0 fully saturated rings. The van der Waals surface area contributed by atoms with E-state index in [1.165, 1.54) is 6.07 Å². The van der Waals surface area contributed by atoms with Crippen LogP contribution in [-0.2, 0) is 6.61 Å². The van der Waals surface area contributed by atoms with Crippen molar-refractivity contribution < 1.29 is 9.13 Å². The second-order valence-electron chi connectivity index (χ2n) is 4.82. The summed E-state index contributed by atoms with van der Waals surface area (Å²) in [5.74, 6) is 0.298. The first-order valence-electron chi connectivity index (χ1n) is 6.41. The molecule has 2 aromatic rings. The largest absolute Gasteiger partial charge is 0.488 e. The summed E-state index contributed by atoms with van der Waals surface area (Å²) < 4.78 is 19.4. The Kier molecular flexibility index (Phi) is 4.63. The van der Waals surface area contributed by atoms with E-state index in [-0.39, 0.29) is 18.5 Å². The van der Waals surface area contributed by atoms with Crippen LogP contribution in [0.2, 0.25) is 5.02 Å². The van der Waals surface area contributed by atoms with Crippen molar-refractivity contribution in [3.05, 3.63) is 63.9 Å². The third kappa shape index (κ3) is 3.30. The number of benzene rings is 2. The maximum atomic E-state index is 13.7. The molecule has 0 heterocycles. The highest BCUT2D eigenvalue weighted by Gasteiger charge is 2.11. The lowest BCUT2D eigenvalue weighted by atomic mass is 10.1. The molecule has 0 saturated heterocycles. The Balaban J connectivity index is 2.25. The molecule has 1 atom stereocenters. The lowest BCUT2D eigenvalue weighted by Gasteiger charge is -2.15. The summed E-state index contributed by atoms with van der Waals surface area (Å²) in [5, 5.41) is 0.361. The summed E-state index contributed by atoms with van der Waals surface area (Å²) in [6, 6.07) is 10.2. The Morgan fingerprint density at radius 3 is 2.70 bits per heavy atom. The molecule has 0 aliphatic heterocycles. The van der Waals surface area contributed by atoms with Crippen molar-refractivity contribution in [2.24, 2.45) is 5.73 Å². The summed E-state index contributed by atoms with van der Waals surface area (Å²) in [6.45, 7) is 3.93. The van der Waals surface area contributed by atoms with Gasteiger partial charge in [-0.2, -0.15) is 0 Å². The smallest absolute Gasteiger partial charge is 0.131 e. The SMILES string of the molecule is Cc1ccc([C@H](C)N)c(OCc2c(F)cccc2Cl)c1. The van der Waals surface area contributed by atoms with Gasteiger partial charge in [0.25, 0.3) is 0 Å². The third-order valence-electron chi connectivity index (χ3n) is 3.09. The lowest BCUT2D eigenvalue weighted by molar-refractivity contribution is 0.295. The average Bonchev–Trinajstić information content (AvgIpc) is 2.37. The Labute approximate surface area is 123 Å². The highest BCUT2D eigenvalue weighted by Crippen LogP contribution is 2.27. The van der Waals surface area contributed by atoms with E-state index >= 15 is 0 Å². The van der Waals surface area contributed by atoms with Crippen LogP contribution in [0.5, 0.6) is 5.75 Å². The standard InChI is InChI=1S/C16H17ClFNO/c1-10-6-7-12(11(2)19)16(8-10)20-9-13-14(17)4-3-5-15(13)18/h3-8,11H,9,19H2,1-2H3/t11-/m0/s1. The van der Waals surface area contributed by atoms with Crippen LogP contribution in [0.4, 0.5) is 4.39 Å². The average molecular weight is 294 g/mol. The number of nitrogens with two attached hydrogens (primary N) is 1. The minimum Gasteiger partial charge on any atom is -0.488 e.